The van der Waals surface area contributed by atoms with Crippen molar-refractivity contribution in [2.45, 2.75) is 23.1 Å². The van der Waals surface area contributed by atoms with Gasteiger partial charge in [0.05, 0.1) is 7.11 Å². The first-order valence-electron chi connectivity index (χ1n) is 6.02. The highest BCUT2D eigenvalue weighted by atomic mass is 79.9. The molecule has 0 aliphatic carbocycles. The monoisotopic (exact) mass is 382 g/mol. The molecule has 0 radical (unpaired) electrons. The van der Waals surface area contributed by atoms with E-state index in [0.29, 0.717) is 30.4 Å². The second-order valence-corrected chi connectivity index (χ2v) is 8.09. The van der Waals surface area contributed by atoms with Crippen LogP contribution in [0.3, 0.4) is 0 Å². The van der Waals surface area contributed by atoms with Crippen LogP contribution in [0, 0.1) is 0 Å². The molecule has 1 saturated heterocycles. The van der Waals surface area contributed by atoms with Crippen LogP contribution in [0.1, 0.15) is 12.8 Å². The Morgan fingerprint density at radius 3 is 2.65 bits per heavy atom. The summed E-state index contributed by atoms with van der Waals surface area (Å²) in [6.07, 6.45) is 0.793. The van der Waals surface area contributed by atoms with Crippen LogP contribution in [0.25, 0.3) is 0 Å². The summed E-state index contributed by atoms with van der Waals surface area (Å²) < 4.78 is 32.6. The highest BCUT2D eigenvalue weighted by Gasteiger charge is 2.28. The molecule has 1 aromatic heterocycles. The molecule has 2 heterocycles. The molecule has 0 atom stereocenters. The van der Waals surface area contributed by atoms with Crippen molar-refractivity contribution in [3.05, 3.63) is 15.9 Å². The highest BCUT2D eigenvalue weighted by molar-refractivity contribution is 9.10. The van der Waals surface area contributed by atoms with Crippen LogP contribution in [0.2, 0.25) is 0 Å². The number of hydrogen-bond donors (Lipinski definition) is 1. The molecule has 0 bridgehead atoms. The number of rotatable bonds is 3. The summed E-state index contributed by atoms with van der Waals surface area (Å²) in [6.45, 7) is 0.983. The minimum Gasteiger partial charge on any atom is -0.453 e. The lowest BCUT2D eigenvalue weighted by molar-refractivity contribution is 0.111. The van der Waals surface area contributed by atoms with Gasteiger partial charge in [0.1, 0.15) is 4.21 Å². The molecule has 1 aromatic rings. The molecule has 1 fully saturated rings. The second kappa shape index (κ2) is 6.42. The molecule has 1 amide bonds. The normalized spacial score (nSPS) is 17.2. The van der Waals surface area contributed by atoms with Crippen LogP contribution in [-0.4, -0.2) is 45.7 Å². The van der Waals surface area contributed by atoms with E-state index in [1.54, 1.807) is 16.3 Å². The lowest BCUT2D eigenvalue weighted by atomic mass is 10.1. The van der Waals surface area contributed by atoms with Gasteiger partial charge in [-0.25, -0.2) is 17.9 Å². The molecule has 0 saturated carbocycles. The molecule has 1 aliphatic heterocycles. The zero-order valence-electron chi connectivity index (χ0n) is 10.8. The molecule has 1 aliphatic rings. The third kappa shape index (κ3) is 3.51. The van der Waals surface area contributed by atoms with E-state index in [1.165, 1.54) is 18.4 Å². The number of nitrogens with one attached hydrogen (secondary N) is 1. The number of hydrogen-bond acceptors (Lipinski definition) is 5. The van der Waals surface area contributed by atoms with Gasteiger partial charge in [0, 0.05) is 23.6 Å². The summed E-state index contributed by atoms with van der Waals surface area (Å²) in [5, 5.41) is 1.72. The summed E-state index contributed by atoms with van der Waals surface area (Å²) in [6, 6.07) is 1.55. The molecule has 112 valence electrons. The zero-order valence-corrected chi connectivity index (χ0v) is 14.1. The minimum atomic E-state index is -3.50. The van der Waals surface area contributed by atoms with Gasteiger partial charge in [-0.05, 0) is 40.2 Å². The van der Waals surface area contributed by atoms with Crippen molar-refractivity contribution in [1.82, 2.24) is 9.62 Å². The van der Waals surface area contributed by atoms with E-state index in [1.807, 2.05) is 0 Å². The van der Waals surface area contributed by atoms with Gasteiger partial charge in [-0.2, -0.15) is 0 Å². The summed E-state index contributed by atoms with van der Waals surface area (Å²) in [7, 11) is -2.16. The van der Waals surface area contributed by atoms with Crippen LogP contribution in [0.5, 0.6) is 0 Å². The Morgan fingerprint density at radius 1 is 1.50 bits per heavy atom. The Hall–Kier alpha value is -0.640. The van der Waals surface area contributed by atoms with Gasteiger partial charge in [0.25, 0.3) is 10.0 Å². The number of sulfonamides is 1. The van der Waals surface area contributed by atoms with Gasteiger partial charge in [-0.1, -0.05) is 0 Å². The van der Waals surface area contributed by atoms with Crippen LogP contribution < -0.4 is 4.72 Å². The lowest BCUT2D eigenvalue weighted by Crippen LogP contribution is -2.46. The van der Waals surface area contributed by atoms with Crippen molar-refractivity contribution in [3.63, 3.8) is 0 Å². The summed E-state index contributed by atoms with van der Waals surface area (Å²) in [4.78, 5) is 12.9. The maximum absolute atomic E-state index is 12.2. The molecule has 0 unspecified atom stereocenters. The quantitative estimate of drug-likeness (QED) is 0.867. The fourth-order valence-corrected chi connectivity index (χ4v) is 5.71. The molecular formula is C11H15BrN2O4S2. The van der Waals surface area contributed by atoms with Crippen LogP contribution >= 0.6 is 27.3 Å². The molecule has 20 heavy (non-hydrogen) atoms. The van der Waals surface area contributed by atoms with E-state index in [4.69, 9.17) is 0 Å². The van der Waals surface area contributed by atoms with Crippen molar-refractivity contribution < 1.29 is 17.9 Å². The van der Waals surface area contributed by atoms with Crippen LogP contribution in [0.15, 0.2) is 20.1 Å². The molecular weight excluding hydrogens is 368 g/mol. The van der Waals surface area contributed by atoms with Gasteiger partial charge in [0.2, 0.25) is 0 Å². The number of nitrogens with zero attached hydrogens (tertiary/aromatic N) is 1. The van der Waals surface area contributed by atoms with Crippen LogP contribution in [0.4, 0.5) is 4.79 Å². The zero-order chi connectivity index (χ0) is 14.8. The topological polar surface area (TPSA) is 75.7 Å². The third-order valence-electron chi connectivity index (χ3n) is 3.08. The maximum Gasteiger partial charge on any atom is 0.409 e. The molecule has 9 heteroatoms. The van der Waals surface area contributed by atoms with Crippen molar-refractivity contribution in [2.75, 3.05) is 20.2 Å². The highest BCUT2D eigenvalue weighted by Crippen LogP contribution is 2.28. The molecule has 1 N–H and O–H groups in total. The van der Waals surface area contributed by atoms with Gasteiger partial charge in [-0.15, -0.1) is 11.3 Å². The summed E-state index contributed by atoms with van der Waals surface area (Å²) in [5.41, 5.74) is 0. The lowest BCUT2D eigenvalue weighted by Gasteiger charge is -2.31. The third-order valence-corrected chi connectivity index (χ3v) is 7.27. The number of carbonyl (C=O) groups excluding carboxylic acids is 1. The standard InChI is InChI=1S/C11H15BrN2O4S2/c1-18-11(15)14-5-2-8(3-6-14)13-20(16,17)10-9(12)4-7-19-10/h4,7-8,13H,2-3,5-6H2,1H3. The smallest absolute Gasteiger partial charge is 0.409 e. The van der Waals surface area contributed by atoms with Crippen molar-refractivity contribution in [1.29, 1.82) is 0 Å². The van der Waals surface area contributed by atoms with E-state index < -0.39 is 10.0 Å². The Bertz CT molecular complexity index is 579. The van der Waals surface area contributed by atoms with E-state index >= 15 is 0 Å². The number of methoxy groups -OCH3 is 1. The van der Waals surface area contributed by atoms with E-state index in [2.05, 4.69) is 25.4 Å². The van der Waals surface area contributed by atoms with Crippen molar-refractivity contribution in [2.24, 2.45) is 0 Å². The van der Waals surface area contributed by atoms with Crippen molar-refractivity contribution >= 4 is 43.4 Å². The summed E-state index contributed by atoms with van der Waals surface area (Å²) in [5.74, 6) is 0. The maximum atomic E-state index is 12.2. The second-order valence-electron chi connectivity index (χ2n) is 4.41. The first kappa shape index (κ1) is 15.7. The Balaban J connectivity index is 1.96. The van der Waals surface area contributed by atoms with Gasteiger partial charge in [0.15, 0.2) is 0 Å². The molecule has 0 spiro atoms. The first-order valence-corrected chi connectivity index (χ1v) is 9.18. The largest absolute Gasteiger partial charge is 0.453 e. The summed E-state index contributed by atoms with van der Waals surface area (Å²) >= 11 is 4.40. The average Bonchev–Trinajstić information content (AvgIpc) is 2.85. The van der Waals surface area contributed by atoms with Gasteiger partial charge >= 0.3 is 6.09 Å². The number of thiophene rings is 1. The van der Waals surface area contributed by atoms with Gasteiger partial charge in [-0.3, -0.25) is 0 Å². The predicted molar refractivity (Wildman–Crippen MR) is 79.3 cm³/mol. The Kier molecular flexibility index (Phi) is 5.05. The predicted octanol–water partition coefficient (Wildman–Crippen LogP) is 2.02. The van der Waals surface area contributed by atoms with Gasteiger partial charge < -0.3 is 9.64 Å². The Morgan fingerprint density at radius 2 is 2.15 bits per heavy atom. The number of halogens is 1. The fraction of sp³-hybridized carbons (Fsp3) is 0.545. The fourth-order valence-electron chi connectivity index (χ4n) is 2.05. The number of likely N-dealkylation sites (tertiary alicyclic amines) is 1. The SMILES string of the molecule is COC(=O)N1CCC(NS(=O)(=O)c2sccc2Br)CC1. The molecule has 6 nitrogen and oxygen atoms in total. The molecule has 0 aromatic carbocycles. The van der Waals surface area contributed by atoms with Crippen LogP contribution in [-0.2, 0) is 14.8 Å². The number of ether oxygens (including phenoxy) is 1. The number of amides is 1. The average molecular weight is 383 g/mol. The van der Waals surface area contributed by atoms with Crippen molar-refractivity contribution in [3.8, 4) is 0 Å². The Labute approximate surface area is 130 Å². The number of piperidine rings is 1. The minimum absolute atomic E-state index is 0.157. The number of carbonyl (C=O) groups is 1. The molecule has 2 rings (SSSR count). The van der Waals surface area contributed by atoms with E-state index in [-0.39, 0.29) is 16.3 Å². The first-order chi connectivity index (χ1) is 9.44. The van der Waals surface area contributed by atoms with E-state index in [9.17, 15) is 13.2 Å². The van der Waals surface area contributed by atoms with E-state index in [0.717, 1.165) is 0 Å².